The summed E-state index contributed by atoms with van der Waals surface area (Å²) < 4.78 is 18.8. The first-order chi connectivity index (χ1) is 8.58. The normalized spacial score (nSPS) is 10.4. The van der Waals surface area contributed by atoms with Gasteiger partial charge in [-0.15, -0.1) is 0 Å². The van der Waals surface area contributed by atoms with Crippen LogP contribution >= 0.6 is 23.2 Å². The van der Waals surface area contributed by atoms with Gasteiger partial charge >= 0.3 is 0 Å². The van der Waals surface area contributed by atoms with E-state index in [4.69, 9.17) is 27.9 Å². The van der Waals surface area contributed by atoms with Crippen molar-refractivity contribution >= 4 is 23.2 Å². The number of benzene rings is 2. The smallest absolute Gasteiger partial charge is 0.129 e. The summed E-state index contributed by atoms with van der Waals surface area (Å²) in [5, 5.41) is 0.944. The Morgan fingerprint density at radius 2 is 1.94 bits per heavy atom. The third kappa shape index (κ3) is 2.95. The zero-order valence-corrected chi connectivity index (χ0v) is 11.2. The third-order valence-electron chi connectivity index (χ3n) is 2.57. The number of aryl methyl sites for hydroxylation is 1. The molecule has 0 aromatic heterocycles. The molecule has 0 aliphatic carbocycles. The highest BCUT2D eigenvalue weighted by molar-refractivity contribution is 6.42. The van der Waals surface area contributed by atoms with Crippen LogP contribution in [-0.4, -0.2) is 0 Å². The van der Waals surface area contributed by atoms with Crippen LogP contribution in [0.15, 0.2) is 36.4 Å². The van der Waals surface area contributed by atoms with Crippen LogP contribution in [0.4, 0.5) is 4.39 Å². The van der Waals surface area contributed by atoms with E-state index in [1.807, 2.05) is 6.07 Å². The molecule has 0 spiro atoms. The topological polar surface area (TPSA) is 9.23 Å². The van der Waals surface area contributed by atoms with Gasteiger partial charge in [-0.1, -0.05) is 41.4 Å². The highest BCUT2D eigenvalue weighted by atomic mass is 35.5. The average Bonchev–Trinajstić information content (AvgIpc) is 2.35. The monoisotopic (exact) mass is 284 g/mol. The fraction of sp³-hybridized carbons (Fsp3) is 0.143. The van der Waals surface area contributed by atoms with Crippen LogP contribution in [0.2, 0.25) is 10.0 Å². The quantitative estimate of drug-likeness (QED) is 0.769. The minimum Gasteiger partial charge on any atom is -0.489 e. The fourth-order valence-electron chi connectivity index (χ4n) is 1.48. The standard InChI is InChI=1S/C14H11Cl2FO/c1-9-5-6-11(7-13(9)17)18-8-10-3-2-4-12(15)14(10)16/h2-7H,8H2,1H3. The molecule has 4 heteroatoms. The van der Waals surface area contributed by atoms with Crippen LogP contribution < -0.4 is 4.74 Å². The lowest BCUT2D eigenvalue weighted by atomic mass is 10.2. The first kappa shape index (κ1) is 13.2. The van der Waals surface area contributed by atoms with E-state index in [0.29, 0.717) is 21.4 Å². The molecule has 0 radical (unpaired) electrons. The van der Waals surface area contributed by atoms with E-state index < -0.39 is 0 Å². The number of ether oxygens (including phenoxy) is 1. The molecule has 0 amide bonds. The van der Waals surface area contributed by atoms with E-state index in [1.165, 1.54) is 6.07 Å². The minimum atomic E-state index is -0.287. The highest BCUT2D eigenvalue weighted by Gasteiger charge is 2.06. The van der Waals surface area contributed by atoms with Gasteiger partial charge in [-0.05, 0) is 24.6 Å². The van der Waals surface area contributed by atoms with E-state index in [2.05, 4.69) is 0 Å². The molecule has 2 aromatic carbocycles. The van der Waals surface area contributed by atoms with Crippen molar-refractivity contribution in [3.8, 4) is 5.75 Å². The maximum absolute atomic E-state index is 13.3. The lowest BCUT2D eigenvalue weighted by Crippen LogP contribution is -1.97. The van der Waals surface area contributed by atoms with Gasteiger partial charge in [-0.25, -0.2) is 4.39 Å². The summed E-state index contributed by atoms with van der Waals surface area (Å²) in [6, 6.07) is 10.1. The van der Waals surface area contributed by atoms with Gasteiger partial charge in [0.2, 0.25) is 0 Å². The van der Waals surface area contributed by atoms with E-state index in [9.17, 15) is 4.39 Å². The lowest BCUT2D eigenvalue weighted by Gasteiger charge is -2.09. The predicted octanol–water partition coefficient (Wildman–Crippen LogP) is 5.02. The van der Waals surface area contributed by atoms with Gasteiger partial charge < -0.3 is 4.74 Å². The zero-order valence-electron chi connectivity index (χ0n) is 9.71. The van der Waals surface area contributed by atoms with E-state index >= 15 is 0 Å². The summed E-state index contributed by atoms with van der Waals surface area (Å²) in [6.07, 6.45) is 0. The van der Waals surface area contributed by atoms with Crippen LogP contribution in [0.1, 0.15) is 11.1 Å². The third-order valence-corrected chi connectivity index (χ3v) is 3.43. The maximum Gasteiger partial charge on any atom is 0.129 e. The van der Waals surface area contributed by atoms with Crippen LogP contribution in [0.25, 0.3) is 0 Å². The van der Waals surface area contributed by atoms with Crippen molar-refractivity contribution in [1.82, 2.24) is 0 Å². The second-order valence-corrected chi connectivity index (χ2v) is 4.70. The highest BCUT2D eigenvalue weighted by Crippen LogP contribution is 2.26. The summed E-state index contributed by atoms with van der Waals surface area (Å²) in [4.78, 5) is 0. The van der Waals surface area contributed by atoms with Crippen molar-refractivity contribution < 1.29 is 9.13 Å². The largest absolute Gasteiger partial charge is 0.489 e. The van der Waals surface area contributed by atoms with E-state index in [-0.39, 0.29) is 12.4 Å². The van der Waals surface area contributed by atoms with Gasteiger partial charge in [-0.3, -0.25) is 0 Å². The Balaban J connectivity index is 2.11. The number of hydrogen-bond donors (Lipinski definition) is 0. The van der Waals surface area contributed by atoms with Crippen LogP contribution in [-0.2, 0) is 6.61 Å². The van der Waals surface area contributed by atoms with Gasteiger partial charge in [0.1, 0.15) is 18.2 Å². The molecule has 1 nitrogen and oxygen atoms in total. The van der Waals surface area contributed by atoms with Crippen LogP contribution in [0, 0.1) is 12.7 Å². The van der Waals surface area contributed by atoms with Gasteiger partial charge in [0, 0.05) is 11.6 Å². The Morgan fingerprint density at radius 1 is 1.17 bits per heavy atom. The van der Waals surface area contributed by atoms with Crippen molar-refractivity contribution in [2.75, 3.05) is 0 Å². The zero-order chi connectivity index (χ0) is 13.1. The Morgan fingerprint density at radius 3 is 2.67 bits per heavy atom. The minimum absolute atomic E-state index is 0.252. The van der Waals surface area contributed by atoms with E-state index in [1.54, 1.807) is 31.2 Å². The Kier molecular flexibility index (Phi) is 4.10. The molecule has 2 aromatic rings. The molecule has 0 saturated heterocycles. The summed E-state index contributed by atoms with van der Waals surface area (Å²) in [6.45, 7) is 1.95. The SMILES string of the molecule is Cc1ccc(OCc2cccc(Cl)c2Cl)cc1F. The van der Waals surface area contributed by atoms with Gasteiger partial charge in [0.05, 0.1) is 10.0 Å². The summed E-state index contributed by atoms with van der Waals surface area (Å²) in [7, 11) is 0. The van der Waals surface area contributed by atoms with Crippen LogP contribution in [0.5, 0.6) is 5.75 Å². The second kappa shape index (κ2) is 5.59. The van der Waals surface area contributed by atoms with Gasteiger partial charge in [0.15, 0.2) is 0 Å². The van der Waals surface area contributed by atoms with Crippen molar-refractivity contribution in [2.24, 2.45) is 0 Å². The fourth-order valence-corrected chi connectivity index (χ4v) is 1.86. The molecule has 0 saturated carbocycles. The first-order valence-electron chi connectivity index (χ1n) is 5.40. The molecular weight excluding hydrogens is 274 g/mol. The predicted molar refractivity (Wildman–Crippen MR) is 71.9 cm³/mol. The number of hydrogen-bond acceptors (Lipinski definition) is 1. The Bertz CT molecular complexity index is 570. The first-order valence-corrected chi connectivity index (χ1v) is 6.15. The summed E-state index contributed by atoms with van der Waals surface area (Å²) in [5.74, 6) is 0.179. The van der Waals surface area contributed by atoms with Crippen molar-refractivity contribution in [1.29, 1.82) is 0 Å². The van der Waals surface area contributed by atoms with Crippen molar-refractivity contribution in [3.05, 3.63) is 63.4 Å². The molecule has 0 fully saturated rings. The Labute approximate surface area is 115 Å². The molecule has 0 heterocycles. The molecule has 94 valence electrons. The number of rotatable bonds is 3. The van der Waals surface area contributed by atoms with E-state index in [0.717, 1.165) is 5.56 Å². The van der Waals surface area contributed by atoms with Gasteiger partial charge in [-0.2, -0.15) is 0 Å². The maximum atomic E-state index is 13.3. The van der Waals surface area contributed by atoms with Crippen LogP contribution in [0.3, 0.4) is 0 Å². The lowest BCUT2D eigenvalue weighted by molar-refractivity contribution is 0.304. The average molecular weight is 285 g/mol. The van der Waals surface area contributed by atoms with Crippen molar-refractivity contribution in [3.63, 3.8) is 0 Å². The second-order valence-electron chi connectivity index (χ2n) is 3.91. The molecule has 0 N–H and O–H groups in total. The summed E-state index contributed by atoms with van der Waals surface area (Å²) in [5.41, 5.74) is 1.35. The van der Waals surface area contributed by atoms with Gasteiger partial charge in [0.25, 0.3) is 0 Å². The molecule has 0 bridgehead atoms. The molecule has 2 rings (SSSR count). The molecule has 0 atom stereocenters. The molecule has 0 aliphatic heterocycles. The number of halogens is 3. The van der Waals surface area contributed by atoms with Crippen molar-refractivity contribution in [2.45, 2.75) is 13.5 Å². The molecule has 0 unspecified atom stereocenters. The molecule has 0 aliphatic rings. The summed E-state index contributed by atoms with van der Waals surface area (Å²) >= 11 is 11.9. The molecular formula is C14H11Cl2FO. The Hall–Kier alpha value is -1.25. The molecule has 18 heavy (non-hydrogen) atoms.